The lowest BCUT2D eigenvalue weighted by Gasteiger charge is -2.03. The van der Waals surface area contributed by atoms with E-state index < -0.39 is 29.5 Å². The van der Waals surface area contributed by atoms with Gasteiger partial charge in [0.25, 0.3) is 5.89 Å². The Labute approximate surface area is 110 Å². The molecule has 9 heteroatoms. The summed E-state index contributed by atoms with van der Waals surface area (Å²) in [6, 6.07) is 0. The molecule has 2 rings (SSSR count). The predicted octanol–water partition coefficient (Wildman–Crippen LogP) is 2.83. The first-order valence-electron chi connectivity index (χ1n) is 5.50. The van der Waals surface area contributed by atoms with Crippen LogP contribution in [0.4, 0.5) is 13.2 Å². The summed E-state index contributed by atoms with van der Waals surface area (Å²) in [5.74, 6) is -2.80. The third kappa shape index (κ3) is 2.51. The van der Waals surface area contributed by atoms with Gasteiger partial charge < -0.3 is 13.6 Å². The van der Waals surface area contributed by atoms with Crippen LogP contribution in [0.15, 0.2) is 15.2 Å². The van der Waals surface area contributed by atoms with Crippen LogP contribution in [0.3, 0.4) is 0 Å². The van der Waals surface area contributed by atoms with Gasteiger partial charge in [-0.05, 0) is 13.8 Å². The standard InChI is InChI=1S/C11H9F3N2O4/c1-3-18-10(17)7-8(11(12,13)14)16-9(20-7)6-5(2)15-4-19-6/h4H,3H2,1-2H3. The Hall–Kier alpha value is -2.32. The zero-order valence-corrected chi connectivity index (χ0v) is 10.4. The first kappa shape index (κ1) is 14.1. The van der Waals surface area contributed by atoms with Gasteiger partial charge in [0.05, 0.1) is 12.3 Å². The van der Waals surface area contributed by atoms with Crippen molar-refractivity contribution in [2.24, 2.45) is 0 Å². The second kappa shape index (κ2) is 4.99. The number of hydrogen-bond acceptors (Lipinski definition) is 6. The van der Waals surface area contributed by atoms with Crippen LogP contribution in [0.25, 0.3) is 11.7 Å². The molecule has 0 unspecified atom stereocenters. The maximum atomic E-state index is 12.8. The molecular weight excluding hydrogens is 281 g/mol. The van der Waals surface area contributed by atoms with Gasteiger partial charge in [-0.1, -0.05) is 0 Å². The number of hydrogen-bond donors (Lipinski definition) is 0. The topological polar surface area (TPSA) is 78.4 Å². The normalized spacial score (nSPS) is 11.7. The van der Waals surface area contributed by atoms with Crippen LogP contribution in [-0.4, -0.2) is 22.5 Å². The molecule has 20 heavy (non-hydrogen) atoms. The Morgan fingerprint density at radius 1 is 1.45 bits per heavy atom. The molecule has 0 aliphatic heterocycles. The van der Waals surface area contributed by atoms with Crippen molar-refractivity contribution in [1.29, 1.82) is 0 Å². The molecule has 0 amide bonds. The van der Waals surface area contributed by atoms with Crippen LogP contribution in [0.1, 0.15) is 28.9 Å². The summed E-state index contributed by atoms with van der Waals surface area (Å²) in [5, 5.41) is 0. The molecule has 0 atom stereocenters. The molecule has 0 aliphatic carbocycles. The molecule has 2 aromatic heterocycles. The first-order valence-corrected chi connectivity index (χ1v) is 5.50. The molecule has 0 fully saturated rings. The lowest BCUT2D eigenvalue weighted by Crippen LogP contribution is -2.14. The number of esters is 1. The van der Waals surface area contributed by atoms with Gasteiger partial charge >= 0.3 is 12.1 Å². The largest absolute Gasteiger partial charge is 0.460 e. The quantitative estimate of drug-likeness (QED) is 0.809. The van der Waals surface area contributed by atoms with Gasteiger partial charge in [-0.3, -0.25) is 0 Å². The minimum absolute atomic E-state index is 0.0777. The summed E-state index contributed by atoms with van der Waals surface area (Å²) in [6.07, 6.45) is -3.82. The number of carbonyl (C=O) groups excluding carboxylic acids is 1. The van der Waals surface area contributed by atoms with Gasteiger partial charge in [0.1, 0.15) is 0 Å². The van der Waals surface area contributed by atoms with Crippen LogP contribution in [0, 0.1) is 6.92 Å². The average Bonchev–Trinajstić information content (AvgIpc) is 2.94. The van der Waals surface area contributed by atoms with Gasteiger partial charge in [-0.15, -0.1) is 0 Å². The van der Waals surface area contributed by atoms with Crippen LogP contribution < -0.4 is 0 Å². The van der Waals surface area contributed by atoms with Crippen LogP contribution in [0.2, 0.25) is 0 Å². The van der Waals surface area contributed by atoms with Crippen molar-refractivity contribution >= 4 is 5.97 Å². The number of alkyl halides is 3. The van der Waals surface area contributed by atoms with E-state index >= 15 is 0 Å². The number of nitrogens with zero attached hydrogens (tertiary/aromatic N) is 2. The van der Waals surface area contributed by atoms with E-state index in [0.717, 1.165) is 6.39 Å². The molecule has 0 spiro atoms. The molecule has 2 heterocycles. The molecule has 0 aromatic carbocycles. The molecule has 2 aromatic rings. The zero-order chi connectivity index (χ0) is 14.9. The van der Waals surface area contributed by atoms with E-state index in [1.54, 1.807) is 0 Å². The maximum Gasteiger partial charge on any atom is 0.437 e. The highest BCUT2D eigenvalue weighted by Crippen LogP contribution is 2.35. The third-order valence-electron chi connectivity index (χ3n) is 2.30. The van der Waals surface area contributed by atoms with Gasteiger partial charge in [0, 0.05) is 0 Å². The third-order valence-corrected chi connectivity index (χ3v) is 2.30. The Balaban J connectivity index is 2.53. The summed E-state index contributed by atoms with van der Waals surface area (Å²) in [7, 11) is 0. The van der Waals surface area contributed by atoms with Crippen molar-refractivity contribution in [3.8, 4) is 11.7 Å². The smallest absolute Gasteiger partial charge is 0.437 e. The average molecular weight is 290 g/mol. The predicted molar refractivity (Wildman–Crippen MR) is 57.7 cm³/mol. The Morgan fingerprint density at radius 3 is 2.65 bits per heavy atom. The SMILES string of the molecule is CCOC(=O)c1oc(-c2ocnc2C)nc1C(F)(F)F. The van der Waals surface area contributed by atoms with Crippen molar-refractivity contribution in [3.63, 3.8) is 0 Å². The van der Waals surface area contributed by atoms with E-state index in [1.165, 1.54) is 13.8 Å². The minimum atomic E-state index is -4.85. The fourth-order valence-electron chi connectivity index (χ4n) is 1.45. The molecular formula is C11H9F3N2O4. The summed E-state index contributed by atoms with van der Waals surface area (Å²) in [6.45, 7) is 2.87. The highest BCUT2D eigenvalue weighted by molar-refractivity contribution is 5.88. The highest BCUT2D eigenvalue weighted by Gasteiger charge is 2.42. The first-order chi connectivity index (χ1) is 9.34. The monoisotopic (exact) mass is 290 g/mol. The lowest BCUT2D eigenvalue weighted by molar-refractivity contribution is -0.141. The fourth-order valence-corrected chi connectivity index (χ4v) is 1.45. The van der Waals surface area contributed by atoms with E-state index in [4.69, 9.17) is 8.83 Å². The van der Waals surface area contributed by atoms with E-state index in [0.29, 0.717) is 0 Å². The molecule has 6 nitrogen and oxygen atoms in total. The van der Waals surface area contributed by atoms with Crippen LogP contribution in [-0.2, 0) is 10.9 Å². The molecule has 0 saturated carbocycles. The number of halogens is 3. The molecule has 0 N–H and O–H groups in total. The van der Waals surface area contributed by atoms with E-state index in [-0.39, 0.29) is 18.1 Å². The Bertz CT molecular complexity index is 630. The van der Waals surface area contributed by atoms with Gasteiger partial charge in [-0.2, -0.15) is 13.2 Å². The number of ether oxygens (including phenoxy) is 1. The fraction of sp³-hybridized carbons (Fsp3) is 0.364. The number of oxazole rings is 2. The van der Waals surface area contributed by atoms with Crippen molar-refractivity contribution in [2.75, 3.05) is 6.61 Å². The molecule has 0 radical (unpaired) electrons. The van der Waals surface area contributed by atoms with E-state index in [2.05, 4.69) is 14.7 Å². The summed E-state index contributed by atoms with van der Waals surface area (Å²) in [5.41, 5.74) is -1.17. The Morgan fingerprint density at radius 2 is 2.15 bits per heavy atom. The van der Waals surface area contributed by atoms with E-state index in [1.807, 2.05) is 0 Å². The van der Waals surface area contributed by atoms with Crippen molar-refractivity contribution in [2.45, 2.75) is 20.0 Å². The van der Waals surface area contributed by atoms with Crippen LogP contribution >= 0.6 is 0 Å². The molecule has 108 valence electrons. The molecule has 0 aliphatic rings. The second-order valence-electron chi connectivity index (χ2n) is 3.68. The number of rotatable bonds is 3. The second-order valence-corrected chi connectivity index (χ2v) is 3.68. The molecule has 0 saturated heterocycles. The number of aromatic nitrogens is 2. The molecule has 0 bridgehead atoms. The zero-order valence-electron chi connectivity index (χ0n) is 10.4. The van der Waals surface area contributed by atoms with Crippen molar-refractivity contribution < 1.29 is 31.5 Å². The van der Waals surface area contributed by atoms with Gasteiger partial charge in [0.2, 0.25) is 11.5 Å². The lowest BCUT2D eigenvalue weighted by atomic mass is 10.3. The number of aryl methyl sites for hydroxylation is 1. The van der Waals surface area contributed by atoms with Crippen molar-refractivity contribution in [1.82, 2.24) is 9.97 Å². The summed E-state index contributed by atoms with van der Waals surface area (Å²) >= 11 is 0. The van der Waals surface area contributed by atoms with Gasteiger partial charge in [-0.25, -0.2) is 14.8 Å². The van der Waals surface area contributed by atoms with Gasteiger partial charge in [0.15, 0.2) is 12.1 Å². The highest BCUT2D eigenvalue weighted by atomic mass is 19.4. The van der Waals surface area contributed by atoms with E-state index in [9.17, 15) is 18.0 Å². The summed E-state index contributed by atoms with van der Waals surface area (Å²) < 4.78 is 52.7. The Kier molecular flexibility index (Phi) is 3.51. The minimum Gasteiger partial charge on any atom is -0.460 e. The summed E-state index contributed by atoms with van der Waals surface area (Å²) in [4.78, 5) is 18.5. The maximum absolute atomic E-state index is 12.8. The van der Waals surface area contributed by atoms with Crippen molar-refractivity contribution in [3.05, 3.63) is 23.5 Å². The number of carbonyl (C=O) groups is 1. The van der Waals surface area contributed by atoms with Crippen LogP contribution in [0.5, 0.6) is 0 Å².